The number of imide groups is 1. The van der Waals surface area contributed by atoms with Crippen molar-refractivity contribution in [1.82, 2.24) is 10.2 Å². The number of nitrogens with one attached hydrogen (secondary N) is 1. The van der Waals surface area contributed by atoms with Gasteiger partial charge in [-0.15, -0.1) is 0 Å². The minimum Gasteiger partial charge on any atom is -0.459 e. The average molecular weight is 396 g/mol. The molecule has 1 saturated heterocycles. The average Bonchev–Trinajstić information content (AvgIpc) is 2.69. The number of carbonyl (C=O) groups is 3. The summed E-state index contributed by atoms with van der Waals surface area (Å²) in [6.45, 7) is -0.0360. The van der Waals surface area contributed by atoms with Crippen molar-refractivity contribution in [1.29, 1.82) is 0 Å². The maximum absolute atomic E-state index is 13.3. The molecule has 4 aliphatic carbocycles. The summed E-state index contributed by atoms with van der Waals surface area (Å²) in [5, 5.41) is 3.24. The van der Waals surface area contributed by atoms with Crippen LogP contribution in [0, 0.1) is 23.2 Å². The second kappa shape index (κ2) is 7.24. The van der Waals surface area contributed by atoms with Crippen molar-refractivity contribution in [2.75, 3.05) is 13.1 Å². The number of benzene rings is 1. The van der Waals surface area contributed by atoms with Crippen LogP contribution >= 0.6 is 0 Å². The Balaban J connectivity index is 1.26. The lowest BCUT2D eigenvalue weighted by molar-refractivity contribution is -0.164. The number of carbonyl (C=O) groups excluding carboxylic acids is 3. The largest absolute Gasteiger partial charge is 0.459 e. The number of piperazine rings is 1. The molecule has 0 radical (unpaired) electrons. The molecule has 6 rings (SSSR count). The minimum atomic E-state index is -0.540. The van der Waals surface area contributed by atoms with Crippen LogP contribution in [0.15, 0.2) is 30.3 Å². The number of rotatable bonds is 5. The molecule has 1 N–H and O–H groups in total. The molecule has 0 aromatic heterocycles. The van der Waals surface area contributed by atoms with E-state index in [1.807, 2.05) is 30.3 Å². The number of amides is 2. The first-order chi connectivity index (χ1) is 14.0. The predicted molar refractivity (Wildman–Crippen MR) is 105 cm³/mol. The van der Waals surface area contributed by atoms with E-state index < -0.39 is 5.97 Å². The molecule has 6 nitrogen and oxygen atoms in total. The van der Waals surface area contributed by atoms with Crippen LogP contribution in [0.2, 0.25) is 0 Å². The Bertz CT molecular complexity index is 786. The highest BCUT2D eigenvalue weighted by atomic mass is 16.5. The summed E-state index contributed by atoms with van der Waals surface area (Å²) < 4.78 is 5.31. The smallest absolute Gasteiger partial charge is 0.326 e. The van der Waals surface area contributed by atoms with Crippen LogP contribution in [0.3, 0.4) is 0 Å². The summed E-state index contributed by atoms with van der Waals surface area (Å²) in [6.07, 6.45) is 7.12. The van der Waals surface area contributed by atoms with Crippen LogP contribution in [0.4, 0.5) is 0 Å². The fraction of sp³-hybridized carbons (Fsp3) is 0.609. The van der Waals surface area contributed by atoms with Crippen molar-refractivity contribution in [2.45, 2.75) is 51.2 Å². The first-order valence-corrected chi connectivity index (χ1v) is 10.8. The van der Waals surface area contributed by atoms with Crippen molar-refractivity contribution in [3.8, 4) is 0 Å². The van der Waals surface area contributed by atoms with Gasteiger partial charge in [-0.2, -0.15) is 0 Å². The van der Waals surface area contributed by atoms with Crippen LogP contribution in [-0.2, 0) is 25.7 Å². The summed E-state index contributed by atoms with van der Waals surface area (Å²) in [5.74, 6) is 1.04. The standard InChI is InChI=1S/C23H28N2O4/c26-19-12-24-21(23-9-16-6-17(10-23)8-18(7-16)11-23)22(28)25(19)13-20(27)29-14-15-4-2-1-3-5-15/h1-5,16-18,21,24H,6-14H2. The van der Waals surface area contributed by atoms with E-state index in [9.17, 15) is 14.4 Å². The molecule has 1 aliphatic heterocycles. The van der Waals surface area contributed by atoms with Gasteiger partial charge in [-0.25, -0.2) is 0 Å². The molecule has 1 atom stereocenters. The molecule has 1 unspecified atom stereocenters. The number of nitrogens with zero attached hydrogens (tertiary/aromatic N) is 1. The van der Waals surface area contributed by atoms with Gasteiger partial charge in [0.25, 0.3) is 0 Å². The van der Waals surface area contributed by atoms with Gasteiger partial charge in [0.15, 0.2) is 0 Å². The molecule has 5 fully saturated rings. The fourth-order valence-electron chi connectivity index (χ4n) is 6.74. The highest BCUT2D eigenvalue weighted by Gasteiger charge is 2.57. The van der Waals surface area contributed by atoms with E-state index in [0.717, 1.165) is 47.5 Å². The van der Waals surface area contributed by atoms with Crippen molar-refractivity contribution in [3.63, 3.8) is 0 Å². The lowest BCUT2D eigenvalue weighted by Crippen LogP contribution is -2.67. The Morgan fingerprint density at radius 3 is 2.28 bits per heavy atom. The van der Waals surface area contributed by atoms with Crippen LogP contribution in [0.5, 0.6) is 0 Å². The van der Waals surface area contributed by atoms with Crippen LogP contribution in [0.25, 0.3) is 0 Å². The maximum Gasteiger partial charge on any atom is 0.326 e. The zero-order valence-electron chi connectivity index (χ0n) is 16.6. The van der Waals surface area contributed by atoms with Gasteiger partial charge >= 0.3 is 5.97 Å². The van der Waals surface area contributed by atoms with Crippen LogP contribution < -0.4 is 5.32 Å². The van der Waals surface area contributed by atoms with Gasteiger partial charge in [-0.05, 0) is 67.3 Å². The Morgan fingerprint density at radius 1 is 1.03 bits per heavy atom. The first-order valence-electron chi connectivity index (χ1n) is 10.8. The third-order valence-electron chi connectivity index (χ3n) is 7.50. The van der Waals surface area contributed by atoms with Crippen LogP contribution in [-0.4, -0.2) is 41.8 Å². The summed E-state index contributed by atoms with van der Waals surface area (Å²) in [7, 11) is 0. The predicted octanol–water partition coefficient (Wildman–Crippen LogP) is 2.27. The van der Waals surface area contributed by atoms with Gasteiger partial charge in [0.1, 0.15) is 13.2 Å². The van der Waals surface area contributed by atoms with Gasteiger partial charge in [-0.1, -0.05) is 30.3 Å². The second-order valence-corrected chi connectivity index (χ2v) is 9.56. The summed E-state index contributed by atoms with van der Waals surface area (Å²) in [4.78, 5) is 39.2. The Labute approximate surface area is 171 Å². The van der Waals surface area contributed by atoms with E-state index in [1.54, 1.807) is 0 Å². The molecule has 4 saturated carbocycles. The van der Waals surface area contributed by atoms with Gasteiger partial charge in [0.05, 0.1) is 12.6 Å². The van der Waals surface area contributed by atoms with E-state index in [-0.39, 0.29) is 43.0 Å². The third-order valence-corrected chi connectivity index (χ3v) is 7.50. The molecule has 154 valence electrons. The molecule has 5 aliphatic rings. The monoisotopic (exact) mass is 396 g/mol. The second-order valence-electron chi connectivity index (χ2n) is 9.56. The number of hydrogen-bond donors (Lipinski definition) is 1. The molecule has 0 spiro atoms. The zero-order chi connectivity index (χ0) is 20.0. The molecule has 1 heterocycles. The van der Waals surface area contributed by atoms with Gasteiger partial charge in [0.2, 0.25) is 11.8 Å². The lowest BCUT2D eigenvalue weighted by atomic mass is 9.47. The van der Waals surface area contributed by atoms with E-state index in [1.165, 1.54) is 19.3 Å². The molecule has 4 bridgehead atoms. The fourth-order valence-corrected chi connectivity index (χ4v) is 6.74. The molecule has 1 aromatic rings. The van der Waals surface area contributed by atoms with E-state index in [2.05, 4.69) is 5.32 Å². The zero-order valence-corrected chi connectivity index (χ0v) is 16.6. The highest BCUT2D eigenvalue weighted by molar-refractivity contribution is 6.03. The Hall–Kier alpha value is -2.21. The summed E-state index contributed by atoms with van der Waals surface area (Å²) >= 11 is 0. The number of ether oxygens (including phenoxy) is 1. The van der Waals surface area contributed by atoms with E-state index in [4.69, 9.17) is 4.74 Å². The van der Waals surface area contributed by atoms with E-state index in [0.29, 0.717) is 0 Å². The topological polar surface area (TPSA) is 75.7 Å². The Kier molecular flexibility index (Phi) is 4.69. The van der Waals surface area contributed by atoms with Crippen molar-refractivity contribution in [3.05, 3.63) is 35.9 Å². The third kappa shape index (κ3) is 3.48. The van der Waals surface area contributed by atoms with Gasteiger partial charge < -0.3 is 4.74 Å². The lowest BCUT2D eigenvalue weighted by Gasteiger charge is -2.59. The quantitative estimate of drug-likeness (QED) is 0.610. The maximum atomic E-state index is 13.3. The molecule has 29 heavy (non-hydrogen) atoms. The molecular weight excluding hydrogens is 368 g/mol. The molecule has 6 heteroatoms. The summed E-state index contributed by atoms with van der Waals surface area (Å²) in [6, 6.07) is 9.05. The molecule has 2 amide bonds. The van der Waals surface area contributed by atoms with Crippen LogP contribution in [0.1, 0.15) is 44.1 Å². The Morgan fingerprint density at radius 2 is 1.66 bits per heavy atom. The number of esters is 1. The van der Waals surface area contributed by atoms with E-state index >= 15 is 0 Å². The molecular formula is C23H28N2O4. The van der Waals surface area contributed by atoms with Crippen molar-refractivity contribution < 1.29 is 19.1 Å². The first kappa shape index (κ1) is 18.8. The van der Waals surface area contributed by atoms with Gasteiger partial charge in [0, 0.05) is 0 Å². The van der Waals surface area contributed by atoms with Gasteiger partial charge in [-0.3, -0.25) is 24.6 Å². The normalized spacial score (nSPS) is 35.8. The SMILES string of the molecule is O=C(CN1C(=O)CNC(C23CC4CC(CC(C4)C2)C3)C1=O)OCc1ccccc1. The minimum absolute atomic E-state index is 0.0429. The number of hydrogen-bond acceptors (Lipinski definition) is 5. The summed E-state index contributed by atoms with van der Waals surface area (Å²) in [5.41, 5.74) is 0.837. The van der Waals surface area contributed by atoms with Crippen molar-refractivity contribution in [2.24, 2.45) is 23.2 Å². The van der Waals surface area contributed by atoms with Crippen molar-refractivity contribution >= 4 is 17.8 Å². The highest BCUT2D eigenvalue weighted by Crippen LogP contribution is 2.61. The molecule has 1 aromatic carbocycles.